The summed E-state index contributed by atoms with van der Waals surface area (Å²) in [7, 11) is 2.10. The maximum absolute atomic E-state index is 13.0. The lowest BCUT2D eigenvalue weighted by molar-refractivity contribution is 0.0697. The Morgan fingerprint density at radius 3 is 2.83 bits per heavy atom. The number of carboxylic acid groups (broad SMARTS) is 1. The minimum absolute atomic E-state index is 0.221. The Balaban J connectivity index is 1.83. The number of aromatic nitrogens is 3. The first-order valence-electron chi connectivity index (χ1n) is 9.44. The van der Waals surface area contributed by atoms with E-state index in [0.29, 0.717) is 16.4 Å². The molecule has 1 fully saturated rings. The summed E-state index contributed by atoms with van der Waals surface area (Å²) in [5.74, 6) is -0.667. The predicted molar refractivity (Wildman–Crippen MR) is 113 cm³/mol. The highest BCUT2D eigenvalue weighted by Gasteiger charge is 2.23. The van der Waals surface area contributed by atoms with E-state index in [9.17, 15) is 14.7 Å². The number of benzene rings is 1. The highest BCUT2D eigenvalue weighted by Crippen LogP contribution is 2.30. The first-order valence-corrected chi connectivity index (χ1v) is 10.3. The molecule has 5 rings (SSSR count). The second kappa shape index (κ2) is 6.78. The first-order chi connectivity index (χ1) is 14.0. The Kier molecular flexibility index (Phi) is 4.21. The molecular weight excluding hydrogens is 390 g/mol. The Morgan fingerprint density at radius 2 is 2.00 bits per heavy atom. The quantitative estimate of drug-likeness (QED) is 0.543. The number of aromatic carboxylic acids is 1. The van der Waals surface area contributed by atoms with Crippen LogP contribution >= 0.6 is 11.3 Å². The van der Waals surface area contributed by atoms with Crippen LogP contribution in [0.15, 0.2) is 35.3 Å². The largest absolute Gasteiger partial charge is 0.477 e. The fraction of sp³-hybridized carbons (Fsp3) is 0.300. The molecule has 0 spiro atoms. The molecule has 0 unspecified atom stereocenters. The van der Waals surface area contributed by atoms with Crippen molar-refractivity contribution in [1.29, 1.82) is 0 Å². The number of pyridine rings is 1. The molecule has 1 aromatic carbocycles. The third-order valence-corrected chi connectivity index (χ3v) is 6.53. The number of carbonyl (C=O) groups is 1. The maximum atomic E-state index is 13.0. The monoisotopic (exact) mass is 409 g/mol. The van der Waals surface area contributed by atoms with E-state index in [1.807, 2.05) is 24.3 Å². The third-order valence-electron chi connectivity index (χ3n) is 5.39. The van der Waals surface area contributed by atoms with Crippen LogP contribution in [0.3, 0.4) is 0 Å². The van der Waals surface area contributed by atoms with Crippen molar-refractivity contribution in [1.82, 2.24) is 19.3 Å². The van der Waals surface area contributed by atoms with Gasteiger partial charge >= 0.3 is 5.97 Å². The van der Waals surface area contributed by atoms with Gasteiger partial charge in [0.25, 0.3) is 0 Å². The molecule has 1 N–H and O–H groups in total. The van der Waals surface area contributed by atoms with Crippen LogP contribution < -0.4 is 10.3 Å². The molecule has 1 aliphatic rings. The average molecular weight is 409 g/mol. The van der Waals surface area contributed by atoms with Gasteiger partial charge in [0.05, 0.1) is 15.6 Å². The van der Waals surface area contributed by atoms with Crippen molar-refractivity contribution in [3.05, 3.63) is 46.2 Å². The zero-order valence-corrected chi connectivity index (χ0v) is 16.6. The minimum atomic E-state index is -1.24. The number of carboxylic acids is 1. The van der Waals surface area contributed by atoms with E-state index in [1.165, 1.54) is 17.5 Å². The van der Waals surface area contributed by atoms with Gasteiger partial charge in [-0.1, -0.05) is 12.1 Å². The van der Waals surface area contributed by atoms with E-state index < -0.39 is 11.4 Å². The smallest absolute Gasteiger partial charge is 0.342 e. The molecular formula is C20H19N5O3S. The lowest BCUT2D eigenvalue weighted by Crippen LogP contribution is -2.30. The molecule has 8 nitrogen and oxygen atoms in total. The van der Waals surface area contributed by atoms with Crippen LogP contribution in [-0.2, 0) is 0 Å². The lowest BCUT2D eigenvalue weighted by Gasteiger charge is -2.20. The summed E-state index contributed by atoms with van der Waals surface area (Å²) < 4.78 is 2.69. The number of anilines is 1. The molecule has 1 saturated heterocycles. The second-order valence-corrected chi connectivity index (χ2v) is 8.30. The van der Waals surface area contributed by atoms with Crippen LogP contribution in [0.25, 0.3) is 26.1 Å². The molecule has 0 aliphatic carbocycles. The van der Waals surface area contributed by atoms with Gasteiger partial charge in [0.1, 0.15) is 10.4 Å². The van der Waals surface area contributed by atoms with Gasteiger partial charge in [0.15, 0.2) is 5.65 Å². The molecule has 4 aromatic rings. The van der Waals surface area contributed by atoms with Crippen molar-refractivity contribution < 1.29 is 9.90 Å². The second-order valence-electron chi connectivity index (χ2n) is 7.27. The highest BCUT2D eigenvalue weighted by molar-refractivity contribution is 7.24. The molecule has 0 amide bonds. The number of fused-ring (bicyclic) bond motifs is 5. The van der Waals surface area contributed by atoms with Gasteiger partial charge in [-0.2, -0.15) is 4.98 Å². The number of thiazole rings is 1. The molecule has 148 valence electrons. The average Bonchev–Trinajstić information content (AvgIpc) is 2.95. The topological polar surface area (TPSA) is 91.0 Å². The number of hydrogen-bond acceptors (Lipinski definition) is 7. The van der Waals surface area contributed by atoms with E-state index in [0.717, 1.165) is 42.8 Å². The van der Waals surface area contributed by atoms with Gasteiger partial charge in [0.2, 0.25) is 11.4 Å². The van der Waals surface area contributed by atoms with Crippen LogP contribution in [0.1, 0.15) is 16.8 Å². The molecule has 0 saturated carbocycles. The summed E-state index contributed by atoms with van der Waals surface area (Å²) in [5, 5.41) is 9.92. The van der Waals surface area contributed by atoms with Crippen molar-refractivity contribution in [3.63, 3.8) is 0 Å². The lowest BCUT2D eigenvalue weighted by atomic mass is 10.2. The number of nitrogens with zero attached hydrogens (tertiary/aromatic N) is 5. The fourth-order valence-electron chi connectivity index (χ4n) is 3.87. The van der Waals surface area contributed by atoms with Crippen LogP contribution in [0.4, 0.5) is 5.95 Å². The summed E-state index contributed by atoms with van der Waals surface area (Å²) in [4.78, 5) is 38.8. The Hall–Kier alpha value is -3.04. The molecule has 0 radical (unpaired) electrons. The number of rotatable bonds is 2. The molecule has 1 aliphatic heterocycles. The fourth-order valence-corrected chi connectivity index (χ4v) is 5.05. The van der Waals surface area contributed by atoms with Gasteiger partial charge in [-0.05, 0) is 32.1 Å². The maximum Gasteiger partial charge on any atom is 0.342 e. The Labute approximate surface area is 169 Å². The number of likely N-dealkylation sites (N-methyl/N-ethyl adjacent to an activating group) is 1. The Morgan fingerprint density at radius 1 is 1.17 bits per heavy atom. The molecule has 0 bridgehead atoms. The van der Waals surface area contributed by atoms with Gasteiger partial charge in [-0.15, -0.1) is 11.3 Å². The summed E-state index contributed by atoms with van der Waals surface area (Å²) in [6.07, 6.45) is 2.48. The van der Waals surface area contributed by atoms with E-state index in [2.05, 4.69) is 21.8 Å². The minimum Gasteiger partial charge on any atom is -0.477 e. The molecule has 4 heterocycles. The molecule has 3 aromatic heterocycles. The van der Waals surface area contributed by atoms with Gasteiger partial charge < -0.3 is 14.9 Å². The summed E-state index contributed by atoms with van der Waals surface area (Å²) in [6.45, 7) is 3.57. The van der Waals surface area contributed by atoms with E-state index in [1.54, 1.807) is 4.40 Å². The standard InChI is InChI=1S/C20H19N5O3S/c1-23-7-4-8-24(10-9-23)20-21-11-12-16(26)15(19(27)28)18-25(17(12)22-20)13-5-2-3-6-14(13)29-18/h2-3,5-6,11H,4,7-10H2,1H3,(H,27,28). The molecule has 0 atom stereocenters. The highest BCUT2D eigenvalue weighted by atomic mass is 32.1. The van der Waals surface area contributed by atoms with Crippen molar-refractivity contribution in [2.75, 3.05) is 38.1 Å². The van der Waals surface area contributed by atoms with E-state index in [4.69, 9.17) is 4.98 Å². The van der Waals surface area contributed by atoms with Crippen molar-refractivity contribution in [2.24, 2.45) is 0 Å². The SMILES string of the molecule is CN1CCCN(c2ncc3c(=O)c(C(=O)O)c4sc5ccccc5n4c3n2)CC1. The Bertz CT molecular complexity index is 1330. The van der Waals surface area contributed by atoms with Gasteiger partial charge in [0, 0.05) is 25.8 Å². The summed E-state index contributed by atoms with van der Waals surface area (Å²) >= 11 is 1.29. The predicted octanol–water partition coefficient (Wildman–Crippen LogP) is 2.30. The van der Waals surface area contributed by atoms with E-state index >= 15 is 0 Å². The van der Waals surface area contributed by atoms with Gasteiger partial charge in [-0.25, -0.2) is 9.78 Å². The summed E-state index contributed by atoms with van der Waals surface area (Å²) in [6, 6.07) is 7.62. The van der Waals surface area contributed by atoms with Crippen molar-refractivity contribution in [2.45, 2.75) is 6.42 Å². The first kappa shape index (κ1) is 18.0. The van der Waals surface area contributed by atoms with Crippen LogP contribution in [0, 0.1) is 0 Å². The van der Waals surface area contributed by atoms with Crippen molar-refractivity contribution in [3.8, 4) is 0 Å². The zero-order chi connectivity index (χ0) is 20.1. The zero-order valence-electron chi connectivity index (χ0n) is 15.8. The number of para-hydroxylation sites is 1. The van der Waals surface area contributed by atoms with Crippen LogP contribution in [0.5, 0.6) is 0 Å². The molecule has 9 heteroatoms. The normalized spacial score (nSPS) is 16.0. The van der Waals surface area contributed by atoms with Crippen LogP contribution in [-0.4, -0.2) is 63.6 Å². The van der Waals surface area contributed by atoms with Crippen LogP contribution in [0.2, 0.25) is 0 Å². The molecule has 29 heavy (non-hydrogen) atoms. The number of hydrogen-bond donors (Lipinski definition) is 1. The van der Waals surface area contributed by atoms with Crippen molar-refractivity contribution >= 4 is 49.3 Å². The van der Waals surface area contributed by atoms with Gasteiger partial charge in [-0.3, -0.25) is 9.20 Å². The van der Waals surface area contributed by atoms with E-state index in [-0.39, 0.29) is 10.9 Å². The summed E-state index contributed by atoms with van der Waals surface area (Å²) in [5.41, 5.74) is 0.517. The third kappa shape index (κ3) is 2.85.